The lowest BCUT2D eigenvalue weighted by atomic mass is 10.2. The monoisotopic (exact) mass is 225 g/mol. The maximum absolute atomic E-state index is 13.2. The minimum atomic E-state index is -0.739. The Morgan fingerprint density at radius 3 is 2.88 bits per heavy atom. The molecule has 1 atom stereocenters. The van der Waals surface area contributed by atoms with Crippen LogP contribution < -0.4 is 5.32 Å². The van der Waals surface area contributed by atoms with Crippen LogP contribution in [0.1, 0.15) is 17.3 Å². The molecule has 4 nitrogen and oxygen atoms in total. The van der Waals surface area contributed by atoms with Crippen molar-refractivity contribution in [2.45, 2.75) is 13.0 Å². The fourth-order valence-corrected chi connectivity index (χ4v) is 1.45. The predicted octanol–water partition coefficient (Wildman–Crippen LogP) is 0.901. The molecular formula is C11H16FN3O. The van der Waals surface area contributed by atoms with Crippen LogP contribution in [-0.4, -0.2) is 42.5 Å². The number of hydrogen-bond acceptors (Lipinski definition) is 3. The number of hydrogen-bond donors (Lipinski definition) is 1. The second kappa shape index (κ2) is 5.55. The van der Waals surface area contributed by atoms with Crippen molar-refractivity contribution in [2.24, 2.45) is 0 Å². The van der Waals surface area contributed by atoms with Crippen molar-refractivity contribution in [3.8, 4) is 0 Å². The molecule has 16 heavy (non-hydrogen) atoms. The standard InChI is InChI=1S/C11H16FN3O/c1-8(7-15(2)3)14-11(16)9-5-4-6-13-10(9)12/h4-6,8H,7H2,1-3H3,(H,14,16). The molecule has 0 fully saturated rings. The number of carbonyl (C=O) groups excluding carboxylic acids is 1. The van der Waals surface area contributed by atoms with Gasteiger partial charge in [-0.15, -0.1) is 0 Å². The predicted molar refractivity (Wildman–Crippen MR) is 59.7 cm³/mol. The molecule has 1 rings (SSSR count). The van der Waals surface area contributed by atoms with Crippen molar-refractivity contribution in [3.63, 3.8) is 0 Å². The summed E-state index contributed by atoms with van der Waals surface area (Å²) in [7, 11) is 3.82. The van der Waals surface area contributed by atoms with Crippen LogP contribution in [0.4, 0.5) is 4.39 Å². The van der Waals surface area contributed by atoms with Crippen LogP contribution >= 0.6 is 0 Å². The van der Waals surface area contributed by atoms with Gasteiger partial charge >= 0.3 is 0 Å². The van der Waals surface area contributed by atoms with Gasteiger partial charge in [-0.3, -0.25) is 4.79 Å². The van der Waals surface area contributed by atoms with Crippen LogP contribution in [0, 0.1) is 5.95 Å². The van der Waals surface area contributed by atoms with Crippen molar-refractivity contribution < 1.29 is 9.18 Å². The number of aromatic nitrogens is 1. The van der Waals surface area contributed by atoms with Gasteiger partial charge in [0.2, 0.25) is 5.95 Å². The van der Waals surface area contributed by atoms with E-state index < -0.39 is 11.9 Å². The molecule has 0 saturated heterocycles. The Kier molecular flexibility index (Phi) is 4.37. The quantitative estimate of drug-likeness (QED) is 0.774. The SMILES string of the molecule is CC(CN(C)C)NC(=O)c1cccnc1F. The summed E-state index contributed by atoms with van der Waals surface area (Å²) in [5, 5.41) is 2.71. The summed E-state index contributed by atoms with van der Waals surface area (Å²) in [6.45, 7) is 2.57. The van der Waals surface area contributed by atoms with E-state index in [1.165, 1.54) is 18.3 Å². The fourth-order valence-electron chi connectivity index (χ4n) is 1.45. The zero-order valence-electron chi connectivity index (χ0n) is 9.70. The van der Waals surface area contributed by atoms with Crippen molar-refractivity contribution in [1.82, 2.24) is 15.2 Å². The maximum atomic E-state index is 13.2. The van der Waals surface area contributed by atoms with E-state index >= 15 is 0 Å². The summed E-state index contributed by atoms with van der Waals surface area (Å²) in [5.74, 6) is -1.17. The normalized spacial score (nSPS) is 12.6. The summed E-state index contributed by atoms with van der Waals surface area (Å²) in [4.78, 5) is 17.0. The lowest BCUT2D eigenvalue weighted by Gasteiger charge is -2.18. The molecule has 0 radical (unpaired) electrons. The van der Waals surface area contributed by atoms with E-state index in [9.17, 15) is 9.18 Å². The van der Waals surface area contributed by atoms with Gasteiger partial charge in [-0.1, -0.05) is 0 Å². The molecule has 88 valence electrons. The molecule has 5 heteroatoms. The molecule has 0 bridgehead atoms. The minimum Gasteiger partial charge on any atom is -0.348 e. The smallest absolute Gasteiger partial charge is 0.256 e. The first-order valence-electron chi connectivity index (χ1n) is 5.07. The van der Waals surface area contributed by atoms with Gasteiger partial charge in [0.05, 0.1) is 5.56 Å². The van der Waals surface area contributed by atoms with Gasteiger partial charge in [-0.05, 0) is 33.2 Å². The topological polar surface area (TPSA) is 45.2 Å². The molecule has 1 heterocycles. The fraction of sp³-hybridized carbons (Fsp3) is 0.455. The van der Waals surface area contributed by atoms with Gasteiger partial charge in [0.25, 0.3) is 5.91 Å². The van der Waals surface area contributed by atoms with E-state index in [1.54, 1.807) is 0 Å². The van der Waals surface area contributed by atoms with E-state index in [0.717, 1.165) is 0 Å². The van der Waals surface area contributed by atoms with Gasteiger partial charge in [0.15, 0.2) is 0 Å². The number of likely N-dealkylation sites (N-methyl/N-ethyl adjacent to an activating group) is 1. The number of amides is 1. The van der Waals surface area contributed by atoms with Crippen LogP contribution in [0.2, 0.25) is 0 Å². The maximum Gasteiger partial charge on any atom is 0.256 e. The second-order valence-corrected chi connectivity index (χ2v) is 3.98. The van der Waals surface area contributed by atoms with Crippen molar-refractivity contribution in [1.29, 1.82) is 0 Å². The highest BCUT2D eigenvalue weighted by molar-refractivity contribution is 5.94. The Morgan fingerprint density at radius 1 is 1.62 bits per heavy atom. The minimum absolute atomic E-state index is 0.0203. The van der Waals surface area contributed by atoms with Crippen molar-refractivity contribution in [3.05, 3.63) is 29.8 Å². The van der Waals surface area contributed by atoms with Gasteiger partial charge in [-0.25, -0.2) is 4.98 Å². The third-order valence-electron chi connectivity index (χ3n) is 2.02. The Bertz CT molecular complexity index is 368. The molecule has 0 aliphatic rings. The highest BCUT2D eigenvalue weighted by Crippen LogP contribution is 2.03. The van der Waals surface area contributed by atoms with E-state index in [2.05, 4.69) is 10.3 Å². The zero-order chi connectivity index (χ0) is 12.1. The first-order valence-corrected chi connectivity index (χ1v) is 5.07. The number of halogens is 1. The van der Waals surface area contributed by atoms with Crippen molar-refractivity contribution in [2.75, 3.05) is 20.6 Å². The third kappa shape index (κ3) is 3.58. The third-order valence-corrected chi connectivity index (χ3v) is 2.02. The molecule has 0 aliphatic carbocycles. The Labute approximate surface area is 94.5 Å². The summed E-state index contributed by atoms with van der Waals surface area (Å²) in [6, 6.07) is 2.91. The van der Waals surface area contributed by atoms with E-state index in [-0.39, 0.29) is 11.6 Å². The number of nitrogens with one attached hydrogen (secondary N) is 1. The lowest BCUT2D eigenvalue weighted by molar-refractivity contribution is 0.0929. The molecule has 1 aromatic rings. The number of pyridine rings is 1. The number of carbonyl (C=O) groups is 1. The lowest BCUT2D eigenvalue weighted by Crippen LogP contribution is -2.39. The Hall–Kier alpha value is -1.49. The van der Waals surface area contributed by atoms with E-state index in [0.29, 0.717) is 6.54 Å². The van der Waals surface area contributed by atoms with Gasteiger partial charge in [0, 0.05) is 18.8 Å². The molecule has 0 spiro atoms. The van der Waals surface area contributed by atoms with Crippen LogP contribution in [-0.2, 0) is 0 Å². The van der Waals surface area contributed by atoms with Gasteiger partial charge in [-0.2, -0.15) is 4.39 Å². The van der Waals surface area contributed by atoms with Gasteiger partial charge < -0.3 is 10.2 Å². The molecule has 1 amide bonds. The second-order valence-electron chi connectivity index (χ2n) is 3.98. The Morgan fingerprint density at radius 2 is 2.31 bits per heavy atom. The highest BCUT2D eigenvalue weighted by atomic mass is 19.1. The van der Waals surface area contributed by atoms with Gasteiger partial charge in [0.1, 0.15) is 0 Å². The van der Waals surface area contributed by atoms with Crippen LogP contribution in [0.5, 0.6) is 0 Å². The summed E-state index contributed by atoms with van der Waals surface area (Å²) < 4.78 is 13.2. The first-order chi connectivity index (χ1) is 7.50. The van der Waals surface area contributed by atoms with Crippen molar-refractivity contribution >= 4 is 5.91 Å². The molecule has 1 aromatic heterocycles. The Balaban J connectivity index is 2.63. The average Bonchev–Trinajstić information content (AvgIpc) is 2.16. The molecular weight excluding hydrogens is 209 g/mol. The van der Waals surface area contributed by atoms with Crippen LogP contribution in [0.25, 0.3) is 0 Å². The van der Waals surface area contributed by atoms with Crippen LogP contribution in [0.15, 0.2) is 18.3 Å². The molecule has 1 unspecified atom stereocenters. The van der Waals surface area contributed by atoms with E-state index in [1.807, 2.05) is 25.9 Å². The highest BCUT2D eigenvalue weighted by Gasteiger charge is 2.14. The summed E-state index contributed by atoms with van der Waals surface area (Å²) >= 11 is 0. The molecule has 1 N–H and O–H groups in total. The summed E-state index contributed by atoms with van der Waals surface area (Å²) in [6.07, 6.45) is 1.31. The zero-order valence-corrected chi connectivity index (χ0v) is 9.70. The van der Waals surface area contributed by atoms with E-state index in [4.69, 9.17) is 0 Å². The largest absolute Gasteiger partial charge is 0.348 e. The first kappa shape index (κ1) is 12.6. The molecule has 0 saturated carbocycles. The average molecular weight is 225 g/mol. The number of nitrogens with zero attached hydrogens (tertiary/aromatic N) is 2. The molecule has 0 aromatic carbocycles. The summed E-state index contributed by atoms with van der Waals surface area (Å²) in [5.41, 5.74) is -0.0203. The van der Waals surface area contributed by atoms with Crippen LogP contribution in [0.3, 0.4) is 0 Å². The number of rotatable bonds is 4. The molecule has 0 aliphatic heterocycles.